The monoisotopic (exact) mass is 198 g/mol. The van der Waals surface area contributed by atoms with E-state index in [4.69, 9.17) is 4.74 Å². The van der Waals surface area contributed by atoms with Crippen molar-refractivity contribution in [2.45, 2.75) is 25.6 Å². The Balaban J connectivity index is 1.86. The number of nitrogens with one attached hydrogen (secondary N) is 1. The number of ether oxygens (including phenoxy) is 1. The Hall–Kier alpha value is -0.450. The number of ketones is 1. The molecule has 2 atom stereocenters. The quantitative estimate of drug-likeness (QED) is 0.672. The van der Waals surface area contributed by atoms with Gasteiger partial charge >= 0.3 is 0 Å². The van der Waals surface area contributed by atoms with Crippen LogP contribution >= 0.6 is 0 Å². The molecule has 14 heavy (non-hydrogen) atoms. The summed E-state index contributed by atoms with van der Waals surface area (Å²) < 4.78 is 5.75. The normalized spacial score (nSPS) is 32.9. The van der Waals surface area contributed by atoms with Crippen LogP contribution in [0.2, 0.25) is 0 Å². The first-order valence-electron chi connectivity index (χ1n) is 5.38. The molecule has 0 radical (unpaired) electrons. The fourth-order valence-electron chi connectivity index (χ4n) is 2.13. The van der Waals surface area contributed by atoms with Gasteiger partial charge in [0.05, 0.1) is 18.8 Å². The van der Waals surface area contributed by atoms with Gasteiger partial charge in [0.15, 0.2) is 0 Å². The van der Waals surface area contributed by atoms with E-state index in [1.807, 2.05) is 6.92 Å². The highest BCUT2D eigenvalue weighted by Gasteiger charge is 2.31. The second kappa shape index (κ2) is 4.38. The molecule has 0 saturated carbocycles. The van der Waals surface area contributed by atoms with E-state index in [1.54, 1.807) is 0 Å². The van der Waals surface area contributed by atoms with E-state index in [1.165, 1.54) is 0 Å². The van der Waals surface area contributed by atoms with Crippen LogP contribution in [0.1, 0.15) is 13.3 Å². The molecule has 4 heteroatoms. The number of fused-ring (bicyclic) bond motifs is 2. The minimum atomic E-state index is 0.284. The van der Waals surface area contributed by atoms with Crippen molar-refractivity contribution in [1.29, 1.82) is 0 Å². The summed E-state index contributed by atoms with van der Waals surface area (Å²) >= 11 is 0. The lowest BCUT2D eigenvalue weighted by Gasteiger charge is -2.41. The highest BCUT2D eigenvalue weighted by Crippen LogP contribution is 2.13. The van der Waals surface area contributed by atoms with Crippen LogP contribution in [0, 0.1) is 0 Å². The van der Waals surface area contributed by atoms with Crippen LogP contribution in [0.3, 0.4) is 0 Å². The van der Waals surface area contributed by atoms with Crippen molar-refractivity contribution >= 4 is 5.78 Å². The predicted octanol–water partition coefficient (Wildman–Crippen LogP) is -0.362. The Kier molecular flexibility index (Phi) is 3.15. The first kappa shape index (κ1) is 10.1. The van der Waals surface area contributed by atoms with E-state index < -0.39 is 0 Å². The van der Waals surface area contributed by atoms with E-state index in [2.05, 4.69) is 10.2 Å². The fraction of sp³-hybridized carbons (Fsp3) is 0.900. The number of rotatable bonds is 3. The molecule has 0 spiro atoms. The Morgan fingerprint density at radius 1 is 1.43 bits per heavy atom. The fourth-order valence-corrected chi connectivity index (χ4v) is 2.13. The van der Waals surface area contributed by atoms with Crippen LogP contribution in [0.15, 0.2) is 0 Å². The molecule has 2 unspecified atom stereocenters. The standard InChI is InChI=1S/C10H18N2O2/c1-2-8(13)5-12-6-9-3-11-4-10(7-12)14-9/h9-11H,2-7H2,1H3. The number of hydrogen-bond acceptors (Lipinski definition) is 4. The van der Waals surface area contributed by atoms with Gasteiger partial charge in [-0.25, -0.2) is 0 Å². The zero-order chi connectivity index (χ0) is 9.97. The molecule has 4 nitrogen and oxygen atoms in total. The lowest BCUT2D eigenvalue weighted by molar-refractivity contribution is -0.128. The minimum absolute atomic E-state index is 0.284. The summed E-state index contributed by atoms with van der Waals surface area (Å²) in [5.41, 5.74) is 0. The summed E-state index contributed by atoms with van der Waals surface area (Å²) in [6.07, 6.45) is 1.21. The number of hydrogen-bond donors (Lipinski definition) is 1. The molecule has 2 aliphatic heterocycles. The molecule has 2 bridgehead atoms. The summed E-state index contributed by atoms with van der Waals surface area (Å²) in [5.74, 6) is 0.331. The van der Waals surface area contributed by atoms with Gasteiger partial charge in [0.1, 0.15) is 5.78 Å². The van der Waals surface area contributed by atoms with Crippen LogP contribution in [0.25, 0.3) is 0 Å². The average Bonchev–Trinajstić information content (AvgIpc) is 2.17. The molecule has 1 N–H and O–H groups in total. The minimum Gasteiger partial charge on any atom is -0.370 e. The second-order valence-electron chi connectivity index (χ2n) is 4.12. The van der Waals surface area contributed by atoms with E-state index in [0.717, 1.165) is 26.2 Å². The van der Waals surface area contributed by atoms with Crippen molar-refractivity contribution in [3.8, 4) is 0 Å². The zero-order valence-electron chi connectivity index (χ0n) is 8.66. The SMILES string of the molecule is CCC(=O)CN1CC2CNCC(C1)O2. The summed E-state index contributed by atoms with van der Waals surface area (Å²) in [7, 11) is 0. The Morgan fingerprint density at radius 3 is 2.64 bits per heavy atom. The Morgan fingerprint density at radius 2 is 2.07 bits per heavy atom. The molecule has 0 aromatic carbocycles. The smallest absolute Gasteiger partial charge is 0.146 e. The Bertz CT molecular complexity index is 208. The van der Waals surface area contributed by atoms with Gasteiger partial charge in [0.25, 0.3) is 0 Å². The lowest BCUT2D eigenvalue weighted by Crippen LogP contribution is -2.58. The third-order valence-corrected chi connectivity index (χ3v) is 2.85. The van der Waals surface area contributed by atoms with Crippen LogP contribution in [-0.2, 0) is 9.53 Å². The summed E-state index contributed by atoms with van der Waals surface area (Å²) in [6, 6.07) is 0. The van der Waals surface area contributed by atoms with E-state index in [-0.39, 0.29) is 12.2 Å². The van der Waals surface area contributed by atoms with Crippen molar-refractivity contribution in [3.63, 3.8) is 0 Å². The molecule has 2 rings (SSSR count). The summed E-state index contributed by atoms with van der Waals surface area (Å²) in [5, 5.41) is 3.34. The van der Waals surface area contributed by atoms with Crippen molar-refractivity contribution in [3.05, 3.63) is 0 Å². The topological polar surface area (TPSA) is 41.6 Å². The van der Waals surface area contributed by atoms with E-state index in [0.29, 0.717) is 18.7 Å². The molecule has 2 saturated heterocycles. The maximum absolute atomic E-state index is 11.3. The highest BCUT2D eigenvalue weighted by molar-refractivity contribution is 5.80. The molecular formula is C10H18N2O2. The summed E-state index contributed by atoms with van der Waals surface area (Å²) in [4.78, 5) is 13.5. The van der Waals surface area contributed by atoms with E-state index >= 15 is 0 Å². The third-order valence-electron chi connectivity index (χ3n) is 2.85. The van der Waals surface area contributed by atoms with Crippen LogP contribution in [0.4, 0.5) is 0 Å². The molecule has 80 valence electrons. The summed E-state index contributed by atoms with van der Waals surface area (Å²) in [6.45, 7) is 6.17. The maximum atomic E-state index is 11.3. The largest absolute Gasteiger partial charge is 0.370 e. The Labute approximate surface area is 84.6 Å². The number of carbonyl (C=O) groups is 1. The van der Waals surface area contributed by atoms with Gasteiger partial charge in [-0.1, -0.05) is 6.92 Å². The maximum Gasteiger partial charge on any atom is 0.146 e. The number of nitrogens with zero attached hydrogens (tertiary/aromatic N) is 1. The molecule has 0 aromatic rings. The third kappa shape index (κ3) is 2.32. The van der Waals surface area contributed by atoms with Gasteiger partial charge in [-0.2, -0.15) is 0 Å². The molecule has 0 aliphatic carbocycles. The van der Waals surface area contributed by atoms with Crippen LogP contribution in [0.5, 0.6) is 0 Å². The lowest BCUT2D eigenvalue weighted by atomic mass is 10.1. The molecule has 0 amide bonds. The van der Waals surface area contributed by atoms with Crippen molar-refractivity contribution in [2.24, 2.45) is 0 Å². The predicted molar refractivity (Wildman–Crippen MR) is 53.3 cm³/mol. The zero-order valence-corrected chi connectivity index (χ0v) is 8.66. The van der Waals surface area contributed by atoms with Gasteiger partial charge in [-0.05, 0) is 0 Å². The van der Waals surface area contributed by atoms with Gasteiger partial charge < -0.3 is 10.1 Å². The number of carbonyl (C=O) groups excluding carboxylic acids is 1. The van der Waals surface area contributed by atoms with Crippen molar-refractivity contribution in [1.82, 2.24) is 10.2 Å². The van der Waals surface area contributed by atoms with Crippen LogP contribution in [-0.4, -0.2) is 55.6 Å². The number of morpholine rings is 2. The van der Waals surface area contributed by atoms with Crippen LogP contribution < -0.4 is 5.32 Å². The molecule has 2 fully saturated rings. The van der Waals surface area contributed by atoms with E-state index in [9.17, 15) is 4.79 Å². The first-order chi connectivity index (χ1) is 6.78. The first-order valence-corrected chi connectivity index (χ1v) is 5.38. The molecular weight excluding hydrogens is 180 g/mol. The van der Waals surface area contributed by atoms with Gasteiger partial charge in [-0.3, -0.25) is 9.69 Å². The second-order valence-corrected chi connectivity index (χ2v) is 4.12. The van der Waals surface area contributed by atoms with Crippen molar-refractivity contribution in [2.75, 3.05) is 32.7 Å². The average molecular weight is 198 g/mol. The van der Waals surface area contributed by atoms with Crippen molar-refractivity contribution < 1.29 is 9.53 Å². The molecule has 0 aromatic heterocycles. The number of Topliss-reactive ketones (excluding diaryl/α,β-unsaturated/α-hetero) is 1. The van der Waals surface area contributed by atoms with Gasteiger partial charge in [0, 0.05) is 32.6 Å². The highest BCUT2D eigenvalue weighted by atomic mass is 16.5. The van der Waals surface area contributed by atoms with Gasteiger partial charge in [-0.15, -0.1) is 0 Å². The molecule has 2 heterocycles. The van der Waals surface area contributed by atoms with Gasteiger partial charge in [0.2, 0.25) is 0 Å². The molecule has 2 aliphatic rings.